The molecular formula is C60H78N3O6P3. The molecule has 0 N–H and O–H groups in total. The molecule has 0 saturated carbocycles. The Bertz CT molecular complexity index is 2460. The van der Waals surface area contributed by atoms with Crippen LogP contribution in [0.1, 0.15) is 158 Å². The van der Waals surface area contributed by atoms with E-state index in [9.17, 15) is 0 Å². The molecule has 0 radical (unpaired) electrons. The molecule has 0 atom stereocenters. The Morgan fingerprint density at radius 2 is 0.319 bits per heavy atom. The van der Waals surface area contributed by atoms with Gasteiger partial charge in [0, 0.05) is 0 Å². The van der Waals surface area contributed by atoms with E-state index in [2.05, 4.69) is 197 Å². The second kappa shape index (κ2) is 19.9. The maximum atomic E-state index is 7.26. The molecule has 0 bridgehead atoms. The molecule has 384 valence electrons. The van der Waals surface area contributed by atoms with Gasteiger partial charge < -0.3 is 27.1 Å². The Labute approximate surface area is 432 Å². The molecule has 0 spiro atoms. The van der Waals surface area contributed by atoms with Crippen molar-refractivity contribution in [2.45, 2.75) is 157 Å². The van der Waals surface area contributed by atoms with Crippen molar-refractivity contribution in [1.82, 2.24) is 0 Å². The molecule has 7 rings (SSSR count). The fraction of sp³-hybridized carbons (Fsp3) is 0.400. The molecule has 72 heavy (non-hydrogen) atoms. The molecule has 1 heterocycles. The highest BCUT2D eigenvalue weighted by Crippen LogP contribution is 2.78. The summed E-state index contributed by atoms with van der Waals surface area (Å²) in [5.41, 5.74) is 6.09. The van der Waals surface area contributed by atoms with Crippen molar-refractivity contribution in [1.29, 1.82) is 0 Å². The van der Waals surface area contributed by atoms with E-state index in [0.717, 1.165) is 33.4 Å². The van der Waals surface area contributed by atoms with Crippen molar-refractivity contribution < 1.29 is 27.1 Å². The number of nitrogens with zero attached hydrogens (tertiary/aromatic N) is 3. The van der Waals surface area contributed by atoms with Crippen molar-refractivity contribution in [2.75, 3.05) is 0 Å². The summed E-state index contributed by atoms with van der Waals surface area (Å²) in [5.74, 6) is 2.84. The van der Waals surface area contributed by atoms with Crippen LogP contribution < -0.4 is 27.1 Å². The summed E-state index contributed by atoms with van der Waals surface area (Å²) >= 11 is 0. The van der Waals surface area contributed by atoms with Crippen LogP contribution in [0.3, 0.4) is 0 Å². The summed E-state index contributed by atoms with van der Waals surface area (Å²) in [4.78, 5) is 0. The lowest BCUT2D eigenvalue weighted by atomic mass is 9.87. The van der Waals surface area contributed by atoms with Gasteiger partial charge in [-0.05, 0) is 139 Å². The number of hydrogen-bond acceptors (Lipinski definition) is 9. The summed E-state index contributed by atoms with van der Waals surface area (Å²) < 4.78 is 60.2. The lowest BCUT2D eigenvalue weighted by Crippen LogP contribution is -2.13. The van der Waals surface area contributed by atoms with Gasteiger partial charge in [0.25, 0.3) is 0 Å². The first-order valence-electron chi connectivity index (χ1n) is 24.9. The Morgan fingerprint density at radius 1 is 0.208 bits per heavy atom. The standard InChI is InChI=1S/C60H78N3O6P3/c1-55(2,3)43-19-31-49(32-20-43)64-70(65-50-33-21-44(22-34-50)56(4,5)6)61-71(66-51-35-23-45(24-36-51)57(7,8)9,67-52-37-25-46(26-38-52)58(10,11)12)63-72(62-70,68-53-39-27-47(28-40-53)59(13,14)15)69-54-41-29-48(30-42-54)60(16,17)18/h19-42H,1-18H3. The summed E-state index contributed by atoms with van der Waals surface area (Å²) in [6.45, 7) is 39.3. The van der Waals surface area contributed by atoms with E-state index in [0.29, 0.717) is 34.5 Å². The van der Waals surface area contributed by atoms with Gasteiger partial charge in [-0.2, -0.15) is 0 Å². The van der Waals surface area contributed by atoms with Crippen LogP contribution in [0.25, 0.3) is 0 Å². The lowest BCUT2D eigenvalue weighted by Gasteiger charge is -2.33. The van der Waals surface area contributed by atoms with E-state index in [4.69, 9.17) is 40.7 Å². The molecule has 6 aromatic carbocycles. The molecule has 0 unspecified atom stereocenters. The molecule has 1 aliphatic heterocycles. The van der Waals surface area contributed by atoms with Gasteiger partial charge in [0.05, 0.1) is 0 Å². The fourth-order valence-electron chi connectivity index (χ4n) is 7.68. The second-order valence-corrected chi connectivity index (χ2v) is 31.1. The molecule has 12 heteroatoms. The van der Waals surface area contributed by atoms with Crippen LogP contribution in [-0.2, 0) is 32.5 Å². The Morgan fingerprint density at radius 3 is 0.417 bits per heavy atom. The molecule has 1 aliphatic rings. The number of hydrogen-bond donors (Lipinski definition) is 0. The first-order valence-corrected chi connectivity index (χ1v) is 29.5. The zero-order valence-electron chi connectivity index (χ0n) is 46.0. The second-order valence-electron chi connectivity index (χ2n) is 24.9. The average molecular weight is 1030 g/mol. The van der Waals surface area contributed by atoms with Gasteiger partial charge in [0.2, 0.25) is 0 Å². The van der Waals surface area contributed by atoms with E-state index in [-0.39, 0.29) is 32.5 Å². The smallest absolute Gasteiger partial charge is 0.413 e. The van der Waals surface area contributed by atoms with Crippen LogP contribution in [0, 0.1) is 0 Å². The van der Waals surface area contributed by atoms with Gasteiger partial charge in [-0.25, -0.2) is 0 Å². The molecular weight excluding hydrogens is 952 g/mol. The molecule has 0 fully saturated rings. The van der Waals surface area contributed by atoms with Crippen molar-refractivity contribution in [3.63, 3.8) is 0 Å². The largest absolute Gasteiger partial charge is 0.460 e. The Kier molecular flexibility index (Phi) is 15.1. The average Bonchev–Trinajstić information content (AvgIpc) is 3.25. The monoisotopic (exact) mass is 1030 g/mol. The summed E-state index contributed by atoms with van der Waals surface area (Å²) in [5, 5.41) is 0. The molecule has 0 aliphatic carbocycles. The molecule has 0 aromatic heterocycles. The minimum atomic E-state index is -4.13. The predicted octanol–water partition coefficient (Wildman–Crippen LogP) is 20.1. The highest BCUT2D eigenvalue weighted by atomic mass is 31.3. The van der Waals surface area contributed by atoms with Crippen LogP contribution in [0.4, 0.5) is 0 Å². The van der Waals surface area contributed by atoms with Gasteiger partial charge in [-0.1, -0.05) is 211 Å². The van der Waals surface area contributed by atoms with Gasteiger partial charge >= 0.3 is 23.0 Å². The van der Waals surface area contributed by atoms with Crippen LogP contribution >= 0.6 is 23.0 Å². The van der Waals surface area contributed by atoms with E-state index >= 15 is 0 Å². The Balaban J connectivity index is 1.60. The predicted molar refractivity (Wildman–Crippen MR) is 303 cm³/mol. The zero-order valence-corrected chi connectivity index (χ0v) is 48.7. The van der Waals surface area contributed by atoms with E-state index in [1.807, 2.05) is 72.8 Å². The third-order valence-electron chi connectivity index (χ3n) is 12.3. The van der Waals surface area contributed by atoms with E-state index < -0.39 is 23.0 Å². The first kappa shape index (κ1) is 54.6. The number of benzene rings is 6. The van der Waals surface area contributed by atoms with Crippen molar-refractivity contribution in [2.24, 2.45) is 13.5 Å². The highest BCUT2D eigenvalue weighted by molar-refractivity contribution is 7.79. The topological polar surface area (TPSA) is 92.5 Å². The van der Waals surface area contributed by atoms with Crippen molar-refractivity contribution in [3.05, 3.63) is 179 Å². The van der Waals surface area contributed by atoms with E-state index in [1.54, 1.807) is 0 Å². The third-order valence-corrected chi connectivity index (χ3v) is 20.5. The quantitative estimate of drug-likeness (QED) is 0.113. The fourth-order valence-corrected chi connectivity index (χ4v) is 16.7. The molecule has 6 aromatic rings. The van der Waals surface area contributed by atoms with Gasteiger partial charge in [0.1, 0.15) is 34.5 Å². The first-order chi connectivity index (χ1) is 33.2. The van der Waals surface area contributed by atoms with Gasteiger partial charge in [-0.15, -0.1) is 0 Å². The van der Waals surface area contributed by atoms with Crippen molar-refractivity contribution in [3.8, 4) is 34.5 Å². The maximum Gasteiger partial charge on any atom is 0.460 e. The van der Waals surface area contributed by atoms with Crippen molar-refractivity contribution >= 4 is 23.0 Å². The van der Waals surface area contributed by atoms with Gasteiger partial charge in [-0.3, -0.25) is 0 Å². The normalized spacial score (nSPS) is 15.8. The van der Waals surface area contributed by atoms with Crippen LogP contribution in [0.2, 0.25) is 0 Å². The molecule has 0 saturated heterocycles. The van der Waals surface area contributed by atoms with Crippen LogP contribution in [0.5, 0.6) is 34.5 Å². The minimum absolute atomic E-state index is 0.115. The highest BCUT2D eigenvalue weighted by Gasteiger charge is 2.49. The zero-order chi connectivity index (χ0) is 52.8. The summed E-state index contributed by atoms with van der Waals surface area (Å²) in [6, 6.07) is 47.9. The maximum absolute atomic E-state index is 7.26. The Hall–Kier alpha value is -5.19. The lowest BCUT2D eigenvalue weighted by molar-refractivity contribution is 0.442. The van der Waals surface area contributed by atoms with Crippen LogP contribution in [0.15, 0.2) is 159 Å². The van der Waals surface area contributed by atoms with E-state index in [1.165, 1.54) is 0 Å². The third kappa shape index (κ3) is 13.7. The van der Waals surface area contributed by atoms with Gasteiger partial charge in [0.15, 0.2) is 0 Å². The molecule has 0 amide bonds. The SMILES string of the molecule is CC(C)(C)c1ccc(OP2(Oc3ccc(C(C)(C)C)cc3)=NP(Oc3ccc(C(C)(C)C)cc3)(Oc3ccc(C(C)(C)C)cc3)=NP(Oc3ccc(C(C)(C)C)cc3)(Oc3ccc(C(C)(C)C)cc3)=N2)cc1. The summed E-state index contributed by atoms with van der Waals surface area (Å²) in [7, 11) is -12.4. The van der Waals surface area contributed by atoms with Crippen LogP contribution in [-0.4, -0.2) is 0 Å². The summed E-state index contributed by atoms with van der Waals surface area (Å²) in [6.07, 6.45) is 0. The minimum Gasteiger partial charge on any atom is -0.413 e. The molecule has 9 nitrogen and oxygen atoms in total. The number of rotatable bonds is 12.